The molecule has 1 N–H and O–H groups in total. The second-order valence-electron chi connectivity index (χ2n) is 7.14. The van der Waals surface area contributed by atoms with Crippen molar-refractivity contribution in [1.82, 2.24) is 14.7 Å². The second kappa shape index (κ2) is 7.87. The molecule has 136 valence electrons. The number of nitrogens with zero attached hydrogens (tertiary/aromatic N) is 3. The topological polar surface area (TPSA) is 55.9 Å². The molecule has 0 spiro atoms. The normalized spacial score (nSPS) is 20.7. The third-order valence-electron chi connectivity index (χ3n) is 5.24. The number of amides is 3. The Morgan fingerprint density at radius 2 is 2.00 bits per heavy atom. The summed E-state index contributed by atoms with van der Waals surface area (Å²) in [5.74, 6) is 0.0273. The predicted molar refractivity (Wildman–Crippen MR) is 98.4 cm³/mol. The fraction of sp³-hybridized carbons (Fsp3) is 0.579. The molecule has 0 aliphatic carbocycles. The van der Waals surface area contributed by atoms with Crippen molar-refractivity contribution in [3.05, 3.63) is 29.8 Å². The van der Waals surface area contributed by atoms with Gasteiger partial charge in [-0.3, -0.25) is 9.69 Å². The SMILES string of the molecule is CC(=O)N(C)Cc1cccc(NC(=O)N2CC[C@H](N3CCCC3)C2)c1. The van der Waals surface area contributed by atoms with Crippen LogP contribution in [0.25, 0.3) is 0 Å². The number of hydrogen-bond donors (Lipinski definition) is 1. The number of carbonyl (C=O) groups excluding carboxylic acids is 2. The van der Waals surface area contributed by atoms with Crippen molar-refractivity contribution in [2.45, 2.75) is 38.8 Å². The highest BCUT2D eigenvalue weighted by atomic mass is 16.2. The number of likely N-dealkylation sites (tertiary alicyclic amines) is 2. The molecular formula is C19H28N4O2. The monoisotopic (exact) mass is 344 g/mol. The van der Waals surface area contributed by atoms with Gasteiger partial charge in [-0.1, -0.05) is 12.1 Å². The van der Waals surface area contributed by atoms with Gasteiger partial charge in [-0.25, -0.2) is 4.79 Å². The van der Waals surface area contributed by atoms with Crippen LogP contribution in [0.15, 0.2) is 24.3 Å². The Balaban J connectivity index is 1.55. The van der Waals surface area contributed by atoms with E-state index in [4.69, 9.17) is 0 Å². The van der Waals surface area contributed by atoms with Crippen molar-refractivity contribution in [3.63, 3.8) is 0 Å². The van der Waals surface area contributed by atoms with Gasteiger partial charge in [0.05, 0.1) is 0 Å². The summed E-state index contributed by atoms with van der Waals surface area (Å²) >= 11 is 0. The lowest BCUT2D eigenvalue weighted by molar-refractivity contribution is -0.128. The van der Waals surface area contributed by atoms with E-state index in [-0.39, 0.29) is 11.9 Å². The Morgan fingerprint density at radius 3 is 2.72 bits per heavy atom. The quantitative estimate of drug-likeness (QED) is 0.912. The van der Waals surface area contributed by atoms with Crippen molar-refractivity contribution in [2.24, 2.45) is 0 Å². The summed E-state index contributed by atoms with van der Waals surface area (Å²) in [4.78, 5) is 30.0. The molecule has 1 aromatic rings. The number of rotatable bonds is 4. The van der Waals surface area contributed by atoms with E-state index >= 15 is 0 Å². The van der Waals surface area contributed by atoms with Crippen LogP contribution in [0.1, 0.15) is 31.7 Å². The number of nitrogens with one attached hydrogen (secondary N) is 1. The molecule has 0 unspecified atom stereocenters. The van der Waals surface area contributed by atoms with Crippen LogP contribution in [0.4, 0.5) is 10.5 Å². The number of hydrogen-bond acceptors (Lipinski definition) is 3. The Bertz CT molecular complexity index is 628. The van der Waals surface area contributed by atoms with Gasteiger partial charge in [0, 0.05) is 45.3 Å². The molecule has 0 aromatic heterocycles. The molecule has 6 nitrogen and oxygen atoms in total. The first-order chi connectivity index (χ1) is 12.0. The molecular weight excluding hydrogens is 316 g/mol. The third kappa shape index (κ3) is 4.51. The van der Waals surface area contributed by atoms with Gasteiger partial charge >= 0.3 is 6.03 Å². The zero-order valence-electron chi connectivity index (χ0n) is 15.2. The molecule has 3 rings (SSSR count). The van der Waals surface area contributed by atoms with Crippen LogP contribution < -0.4 is 5.32 Å². The minimum Gasteiger partial charge on any atom is -0.342 e. The molecule has 0 saturated carbocycles. The van der Waals surface area contributed by atoms with Gasteiger partial charge in [-0.15, -0.1) is 0 Å². The average molecular weight is 344 g/mol. The number of urea groups is 1. The maximum absolute atomic E-state index is 12.5. The Labute approximate surface area is 149 Å². The van der Waals surface area contributed by atoms with Crippen molar-refractivity contribution in [1.29, 1.82) is 0 Å². The van der Waals surface area contributed by atoms with Gasteiger partial charge in [0.25, 0.3) is 0 Å². The van der Waals surface area contributed by atoms with E-state index in [0.717, 1.165) is 30.8 Å². The summed E-state index contributed by atoms with van der Waals surface area (Å²) in [5.41, 5.74) is 1.79. The minimum absolute atomic E-state index is 0.0273. The van der Waals surface area contributed by atoms with Crippen LogP contribution >= 0.6 is 0 Å². The van der Waals surface area contributed by atoms with Gasteiger partial charge in [0.1, 0.15) is 0 Å². The number of benzene rings is 1. The summed E-state index contributed by atoms with van der Waals surface area (Å²) in [5, 5.41) is 3.00. The molecule has 0 bridgehead atoms. The van der Waals surface area contributed by atoms with Gasteiger partial charge < -0.3 is 15.1 Å². The molecule has 6 heteroatoms. The molecule has 1 atom stereocenters. The lowest BCUT2D eigenvalue weighted by Crippen LogP contribution is -2.38. The lowest BCUT2D eigenvalue weighted by atomic mass is 10.2. The zero-order valence-corrected chi connectivity index (χ0v) is 15.2. The van der Waals surface area contributed by atoms with Gasteiger partial charge in [-0.05, 0) is 50.0 Å². The molecule has 3 amide bonds. The van der Waals surface area contributed by atoms with E-state index < -0.39 is 0 Å². The van der Waals surface area contributed by atoms with Crippen molar-refractivity contribution in [3.8, 4) is 0 Å². The maximum Gasteiger partial charge on any atom is 0.321 e. The molecule has 2 aliphatic rings. The van der Waals surface area contributed by atoms with E-state index in [1.54, 1.807) is 18.9 Å². The summed E-state index contributed by atoms with van der Waals surface area (Å²) < 4.78 is 0. The zero-order chi connectivity index (χ0) is 17.8. The molecule has 2 fully saturated rings. The van der Waals surface area contributed by atoms with Gasteiger partial charge in [-0.2, -0.15) is 0 Å². The fourth-order valence-electron chi connectivity index (χ4n) is 3.67. The number of anilines is 1. The highest BCUT2D eigenvalue weighted by Crippen LogP contribution is 2.21. The molecule has 1 aromatic carbocycles. The summed E-state index contributed by atoms with van der Waals surface area (Å²) in [6, 6.07) is 8.20. The summed E-state index contributed by atoms with van der Waals surface area (Å²) in [7, 11) is 1.77. The van der Waals surface area contributed by atoms with Gasteiger partial charge in [0.15, 0.2) is 0 Å². The van der Waals surface area contributed by atoms with Crippen molar-refractivity contribution >= 4 is 17.6 Å². The molecule has 2 aliphatic heterocycles. The predicted octanol–water partition coefficient (Wildman–Crippen LogP) is 2.37. The Morgan fingerprint density at radius 1 is 1.24 bits per heavy atom. The number of carbonyl (C=O) groups is 2. The average Bonchev–Trinajstić information content (AvgIpc) is 3.26. The van der Waals surface area contributed by atoms with Crippen LogP contribution in [0.5, 0.6) is 0 Å². The van der Waals surface area contributed by atoms with Crippen LogP contribution in [-0.4, -0.2) is 65.9 Å². The summed E-state index contributed by atoms with van der Waals surface area (Å²) in [6.07, 6.45) is 3.63. The largest absolute Gasteiger partial charge is 0.342 e. The first kappa shape index (κ1) is 17.7. The Hall–Kier alpha value is -2.08. The maximum atomic E-state index is 12.5. The van der Waals surface area contributed by atoms with Crippen LogP contribution in [0.2, 0.25) is 0 Å². The van der Waals surface area contributed by atoms with Crippen LogP contribution in [-0.2, 0) is 11.3 Å². The molecule has 2 heterocycles. The first-order valence-corrected chi connectivity index (χ1v) is 9.13. The summed E-state index contributed by atoms with van der Waals surface area (Å²) in [6.45, 7) is 6.08. The standard InChI is InChI=1S/C19H28N4O2/c1-15(24)21(2)13-16-6-5-7-17(12-16)20-19(25)23-11-8-18(14-23)22-9-3-4-10-22/h5-7,12,18H,3-4,8-11,13-14H2,1-2H3,(H,20,25)/t18-/m0/s1. The first-order valence-electron chi connectivity index (χ1n) is 9.13. The fourth-order valence-corrected chi connectivity index (χ4v) is 3.67. The van der Waals surface area contributed by atoms with Crippen LogP contribution in [0.3, 0.4) is 0 Å². The minimum atomic E-state index is -0.0289. The third-order valence-corrected chi connectivity index (χ3v) is 5.24. The molecule has 25 heavy (non-hydrogen) atoms. The second-order valence-corrected chi connectivity index (χ2v) is 7.14. The van der Waals surface area contributed by atoms with E-state index in [1.165, 1.54) is 25.9 Å². The molecule has 2 saturated heterocycles. The smallest absolute Gasteiger partial charge is 0.321 e. The molecule has 0 radical (unpaired) electrons. The highest BCUT2D eigenvalue weighted by molar-refractivity contribution is 5.89. The highest BCUT2D eigenvalue weighted by Gasteiger charge is 2.31. The van der Waals surface area contributed by atoms with E-state index in [0.29, 0.717) is 12.6 Å². The van der Waals surface area contributed by atoms with E-state index in [9.17, 15) is 9.59 Å². The van der Waals surface area contributed by atoms with E-state index in [1.807, 2.05) is 29.2 Å². The van der Waals surface area contributed by atoms with Gasteiger partial charge in [0.2, 0.25) is 5.91 Å². The van der Waals surface area contributed by atoms with Crippen molar-refractivity contribution < 1.29 is 9.59 Å². The van der Waals surface area contributed by atoms with E-state index in [2.05, 4.69) is 10.2 Å². The Kier molecular flexibility index (Phi) is 5.58. The lowest BCUT2D eigenvalue weighted by Gasteiger charge is -2.23. The van der Waals surface area contributed by atoms with Crippen LogP contribution in [0, 0.1) is 0 Å². The van der Waals surface area contributed by atoms with Crippen molar-refractivity contribution in [2.75, 3.05) is 38.5 Å².